The zero-order valence-electron chi connectivity index (χ0n) is 18.8. The van der Waals surface area contributed by atoms with E-state index in [-0.39, 0.29) is 11.6 Å². The van der Waals surface area contributed by atoms with Crippen molar-refractivity contribution in [3.05, 3.63) is 109 Å². The largest absolute Gasteiger partial charge is 0.493 e. The average Bonchev–Trinajstić information content (AvgIpc) is 3.50. The summed E-state index contributed by atoms with van der Waals surface area (Å²) < 4.78 is 18.9. The van der Waals surface area contributed by atoms with Gasteiger partial charge in [-0.15, -0.1) is 0 Å². The van der Waals surface area contributed by atoms with Gasteiger partial charge in [0.05, 0.1) is 36.8 Å². The first kappa shape index (κ1) is 20.7. The number of nitrogens with zero attached hydrogens (tertiary/aromatic N) is 2. The number of methoxy groups -OCH3 is 2. The number of allylic oxidation sites excluding steroid dienone is 1. The number of hydrogen-bond donors (Lipinski definition) is 0. The second-order valence-corrected chi connectivity index (χ2v) is 9.25. The Hall–Kier alpha value is -3.84. The Morgan fingerprint density at radius 3 is 2.71 bits per heavy atom. The number of ether oxygens (including phenoxy) is 2. The van der Waals surface area contributed by atoms with Crippen LogP contribution in [0, 0.1) is 0 Å². The van der Waals surface area contributed by atoms with Crippen molar-refractivity contribution >= 4 is 23.1 Å². The van der Waals surface area contributed by atoms with Crippen LogP contribution in [0.4, 0.5) is 0 Å². The summed E-state index contributed by atoms with van der Waals surface area (Å²) in [5, 5.41) is 0. The molecular weight excluding hydrogens is 448 g/mol. The molecule has 1 atom stereocenters. The molecule has 170 valence electrons. The van der Waals surface area contributed by atoms with Gasteiger partial charge < -0.3 is 13.9 Å². The number of aromatic nitrogens is 1. The van der Waals surface area contributed by atoms with Crippen LogP contribution < -0.4 is 24.4 Å². The molecule has 1 aliphatic carbocycles. The van der Waals surface area contributed by atoms with Crippen LogP contribution in [0.5, 0.6) is 11.5 Å². The van der Waals surface area contributed by atoms with Gasteiger partial charge in [0.2, 0.25) is 0 Å². The van der Waals surface area contributed by atoms with Crippen molar-refractivity contribution in [2.75, 3.05) is 14.2 Å². The molecule has 0 spiro atoms. The van der Waals surface area contributed by atoms with E-state index in [0.29, 0.717) is 26.6 Å². The van der Waals surface area contributed by atoms with Gasteiger partial charge in [0.15, 0.2) is 16.3 Å². The molecule has 6 rings (SSSR count). The quantitative estimate of drug-likeness (QED) is 0.453. The number of rotatable bonds is 4. The summed E-state index contributed by atoms with van der Waals surface area (Å²) in [5.74, 6) is 1.93. The Bertz CT molecular complexity index is 1610. The first-order valence-electron chi connectivity index (χ1n) is 11.1. The van der Waals surface area contributed by atoms with E-state index >= 15 is 0 Å². The lowest BCUT2D eigenvalue weighted by Crippen LogP contribution is -2.38. The first-order chi connectivity index (χ1) is 16.7. The fourth-order valence-electron chi connectivity index (χ4n) is 4.85. The molecule has 0 fully saturated rings. The molecule has 0 bridgehead atoms. The predicted octanol–water partition coefficient (Wildman–Crippen LogP) is 3.93. The molecule has 0 radical (unpaired) electrons. The van der Waals surface area contributed by atoms with Crippen molar-refractivity contribution in [3.63, 3.8) is 0 Å². The highest BCUT2D eigenvalue weighted by molar-refractivity contribution is 7.07. The van der Waals surface area contributed by atoms with Crippen LogP contribution in [0.15, 0.2) is 80.6 Å². The van der Waals surface area contributed by atoms with E-state index < -0.39 is 0 Å². The smallest absolute Gasteiger partial charge is 0.271 e. The number of hydrogen-bond acceptors (Lipinski definition) is 6. The van der Waals surface area contributed by atoms with Crippen molar-refractivity contribution in [2.45, 2.75) is 18.9 Å². The molecule has 2 aliphatic rings. The van der Waals surface area contributed by atoms with Crippen LogP contribution in [0.1, 0.15) is 34.9 Å². The molecule has 7 heteroatoms. The second-order valence-electron chi connectivity index (χ2n) is 8.24. The number of fused-ring (bicyclic) bond motifs is 3. The molecule has 0 amide bonds. The van der Waals surface area contributed by atoms with Crippen LogP contribution in [-0.4, -0.2) is 18.8 Å². The Labute approximate surface area is 199 Å². The van der Waals surface area contributed by atoms with E-state index in [9.17, 15) is 4.79 Å². The second kappa shape index (κ2) is 8.18. The Balaban J connectivity index is 1.64. The lowest BCUT2D eigenvalue weighted by Gasteiger charge is -2.31. The van der Waals surface area contributed by atoms with E-state index in [0.717, 1.165) is 35.2 Å². The first-order valence-corrected chi connectivity index (χ1v) is 11.9. The normalized spacial score (nSPS) is 17.0. The maximum absolute atomic E-state index is 13.7. The van der Waals surface area contributed by atoms with E-state index in [1.807, 2.05) is 41.0 Å². The third-order valence-corrected chi connectivity index (χ3v) is 7.40. The summed E-state index contributed by atoms with van der Waals surface area (Å²) in [7, 11) is 3.24. The Kier molecular flexibility index (Phi) is 4.99. The molecule has 6 nitrogen and oxygen atoms in total. The van der Waals surface area contributed by atoms with Crippen molar-refractivity contribution in [1.29, 1.82) is 0 Å². The Morgan fingerprint density at radius 2 is 1.91 bits per heavy atom. The minimum Gasteiger partial charge on any atom is -0.493 e. The average molecular weight is 471 g/mol. The molecule has 3 heterocycles. The topological polar surface area (TPSA) is 66.0 Å². The molecule has 0 saturated heterocycles. The maximum Gasteiger partial charge on any atom is 0.271 e. The molecular formula is C27H22N2O4S. The van der Waals surface area contributed by atoms with Gasteiger partial charge in [0.1, 0.15) is 5.76 Å². The highest BCUT2D eigenvalue weighted by Gasteiger charge is 2.33. The molecule has 0 saturated carbocycles. The summed E-state index contributed by atoms with van der Waals surface area (Å²) in [5.41, 5.74) is 5.41. The van der Waals surface area contributed by atoms with E-state index in [2.05, 4.69) is 18.2 Å². The molecule has 1 aliphatic heterocycles. The van der Waals surface area contributed by atoms with Gasteiger partial charge in [0.25, 0.3) is 5.56 Å². The fraction of sp³-hybridized carbons (Fsp3) is 0.185. The monoisotopic (exact) mass is 470 g/mol. The highest BCUT2D eigenvalue weighted by atomic mass is 32.1. The van der Waals surface area contributed by atoms with Crippen LogP contribution in [-0.2, 0) is 6.42 Å². The van der Waals surface area contributed by atoms with Crippen molar-refractivity contribution in [3.8, 4) is 11.5 Å². The third kappa shape index (κ3) is 3.23. The Morgan fingerprint density at radius 1 is 1.06 bits per heavy atom. The van der Waals surface area contributed by atoms with Gasteiger partial charge in [0, 0.05) is 11.6 Å². The lowest BCUT2D eigenvalue weighted by atomic mass is 9.83. The minimum absolute atomic E-state index is 0.0784. The molecule has 34 heavy (non-hydrogen) atoms. The zero-order valence-corrected chi connectivity index (χ0v) is 19.6. The molecule has 0 unspecified atom stereocenters. The SMILES string of the molecule is COc1ccc([C@@H]2C3=C(N=c4s/c(=C\c5ccco5)c(=O)n42)c2ccccc2CC3)cc1OC. The standard InChI is InChI=1S/C27H22N2O4S/c1-31-21-12-10-17(14-22(21)32-2)25-20-11-9-16-6-3-4-8-19(16)24(20)28-27-29(25)26(30)23(34-27)15-18-7-5-13-33-18/h3-8,10,12-15,25H,9,11H2,1-2H3/b23-15-/t25-/m1/s1. The number of benzene rings is 2. The number of aryl methyl sites for hydroxylation is 1. The minimum atomic E-state index is -0.279. The lowest BCUT2D eigenvalue weighted by molar-refractivity contribution is 0.354. The summed E-state index contributed by atoms with van der Waals surface area (Å²) in [4.78, 5) is 19.4. The summed E-state index contributed by atoms with van der Waals surface area (Å²) in [6.45, 7) is 0. The van der Waals surface area contributed by atoms with Crippen LogP contribution in [0.3, 0.4) is 0 Å². The van der Waals surface area contributed by atoms with Gasteiger partial charge in [-0.1, -0.05) is 41.7 Å². The van der Waals surface area contributed by atoms with Crippen LogP contribution in [0.25, 0.3) is 11.8 Å². The van der Waals surface area contributed by atoms with Gasteiger partial charge >= 0.3 is 0 Å². The number of thiazole rings is 1. The highest BCUT2D eigenvalue weighted by Crippen LogP contribution is 2.42. The summed E-state index contributed by atoms with van der Waals surface area (Å²) in [6, 6.07) is 17.6. The molecule has 0 N–H and O–H groups in total. The fourth-order valence-corrected chi connectivity index (χ4v) is 5.83. The zero-order chi connectivity index (χ0) is 23.2. The summed E-state index contributed by atoms with van der Waals surface area (Å²) >= 11 is 1.38. The predicted molar refractivity (Wildman–Crippen MR) is 131 cm³/mol. The molecule has 2 aromatic carbocycles. The summed E-state index contributed by atoms with van der Waals surface area (Å²) in [6.07, 6.45) is 5.12. The number of furan rings is 1. The third-order valence-electron chi connectivity index (χ3n) is 6.41. The van der Waals surface area contributed by atoms with E-state index in [1.165, 1.54) is 16.9 Å². The van der Waals surface area contributed by atoms with Gasteiger partial charge in [-0.3, -0.25) is 9.36 Å². The van der Waals surface area contributed by atoms with Crippen LogP contribution in [0.2, 0.25) is 0 Å². The van der Waals surface area contributed by atoms with Gasteiger partial charge in [-0.05, 0) is 53.8 Å². The van der Waals surface area contributed by atoms with Crippen molar-refractivity contribution < 1.29 is 13.9 Å². The molecule has 4 aromatic rings. The molecule has 2 aromatic heterocycles. The van der Waals surface area contributed by atoms with E-state index in [1.54, 1.807) is 26.6 Å². The van der Waals surface area contributed by atoms with Crippen molar-refractivity contribution in [1.82, 2.24) is 4.57 Å². The van der Waals surface area contributed by atoms with Gasteiger partial charge in [-0.25, -0.2) is 4.99 Å². The van der Waals surface area contributed by atoms with Gasteiger partial charge in [-0.2, -0.15) is 0 Å². The maximum atomic E-state index is 13.7. The van der Waals surface area contributed by atoms with Crippen LogP contribution >= 0.6 is 11.3 Å². The van der Waals surface area contributed by atoms with Crippen molar-refractivity contribution in [2.24, 2.45) is 4.99 Å². The van der Waals surface area contributed by atoms with E-state index in [4.69, 9.17) is 18.9 Å².